The monoisotopic (exact) mass is 393 g/mol. The fraction of sp³-hybridized carbons (Fsp3) is 0.522. The second kappa shape index (κ2) is 8.28. The van der Waals surface area contributed by atoms with Crippen molar-refractivity contribution in [3.05, 3.63) is 35.6 Å². The van der Waals surface area contributed by atoms with Gasteiger partial charge in [0.2, 0.25) is 12.3 Å². The minimum atomic E-state index is -0.470. The van der Waals surface area contributed by atoms with Crippen LogP contribution in [0.25, 0.3) is 11.0 Å². The highest BCUT2D eigenvalue weighted by atomic mass is 16.3. The summed E-state index contributed by atoms with van der Waals surface area (Å²) in [5.74, 6) is 1.70. The summed E-state index contributed by atoms with van der Waals surface area (Å²) in [7, 11) is 0. The van der Waals surface area contributed by atoms with Gasteiger partial charge in [-0.2, -0.15) is 5.26 Å². The van der Waals surface area contributed by atoms with Crippen molar-refractivity contribution in [1.82, 2.24) is 10.2 Å². The van der Waals surface area contributed by atoms with Crippen LogP contribution in [0.15, 0.2) is 28.7 Å². The van der Waals surface area contributed by atoms with Crippen LogP contribution in [0.1, 0.15) is 56.3 Å². The third kappa shape index (κ3) is 4.14. The molecule has 152 valence electrons. The molecule has 29 heavy (non-hydrogen) atoms. The summed E-state index contributed by atoms with van der Waals surface area (Å²) in [6, 6.07) is 10.2. The molecule has 0 bridgehead atoms. The lowest BCUT2D eigenvalue weighted by molar-refractivity contribution is -0.137. The first-order valence-electron chi connectivity index (χ1n) is 10.6. The number of para-hydroxylation sites is 1. The van der Waals surface area contributed by atoms with Crippen LogP contribution in [0, 0.1) is 17.2 Å². The number of hydrogen-bond acceptors (Lipinski definition) is 4. The quantitative estimate of drug-likeness (QED) is 0.806. The summed E-state index contributed by atoms with van der Waals surface area (Å²) in [6.45, 7) is 1.53. The van der Waals surface area contributed by atoms with E-state index in [9.17, 15) is 9.59 Å². The van der Waals surface area contributed by atoms with Gasteiger partial charge in [-0.05, 0) is 31.7 Å². The summed E-state index contributed by atoms with van der Waals surface area (Å²) < 4.78 is 5.93. The molecular formula is C23H27N3O3. The van der Waals surface area contributed by atoms with Crippen LogP contribution >= 0.6 is 0 Å². The number of nitrogens with zero attached hydrogens (tertiary/aromatic N) is 2. The van der Waals surface area contributed by atoms with Crippen molar-refractivity contribution >= 4 is 23.3 Å². The Labute approximate surface area is 170 Å². The van der Waals surface area contributed by atoms with Crippen molar-refractivity contribution in [1.29, 1.82) is 5.26 Å². The predicted octanol–water partition coefficient (Wildman–Crippen LogP) is 3.69. The summed E-state index contributed by atoms with van der Waals surface area (Å²) in [5, 5.41) is 11.9. The first-order chi connectivity index (χ1) is 14.2. The first-order valence-corrected chi connectivity index (χ1v) is 10.6. The Balaban J connectivity index is 0.000000216. The second-order valence-electron chi connectivity index (χ2n) is 8.30. The highest BCUT2D eigenvalue weighted by Gasteiger charge is 2.42. The maximum Gasteiger partial charge on any atom is 0.225 e. The molecule has 2 saturated carbocycles. The normalized spacial score (nSPS) is 20.0. The minimum absolute atomic E-state index is 0.262. The number of furan rings is 1. The van der Waals surface area contributed by atoms with Gasteiger partial charge in [0.15, 0.2) is 0 Å². The van der Waals surface area contributed by atoms with Crippen LogP contribution in [-0.4, -0.2) is 29.3 Å². The Morgan fingerprint density at radius 2 is 2.00 bits per heavy atom. The number of hydrogen-bond donors (Lipinski definition) is 1. The average molecular weight is 393 g/mol. The molecule has 0 radical (unpaired) electrons. The number of rotatable bonds is 3. The summed E-state index contributed by atoms with van der Waals surface area (Å²) in [4.78, 5) is 24.5. The van der Waals surface area contributed by atoms with E-state index in [0.717, 1.165) is 56.5 Å². The van der Waals surface area contributed by atoms with Crippen molar-refractivity contribution in [2.45, 2.75) is 63.5 Å². The third-order valence-electron chi connectivity index (χ3n) is 6.31. The van der Waals surface area contributed by atoms with E-state index >= 15 is 0 Å². The summed E-state index contributed by atoms with van der Waals surface area (Å²) in [5.41, 5.74) is 1.71. The molecule has 6 heteroatoms. The average Bonchev–Trinajstić information content (AvgIpc) is 3.46. The van der Waals surface area contributed by atoms with Crippen molar-refractivity contribution in [2.24, 2.45) is 5.92 Å². The largest absolute Gasteiger partial charge is 0.461 e. The topological polar surface area (TPSA) is 86.3 Å². The molecular weight excluding hydrogens is 366 g/mol. The van der Waals surface area contributed by atoms with E-state index in [2.05, 4.69) is 16.3 Å². The van der Waals surface area contributed by atoms with Crippen LogP contribution in [0.2, 0.25) is 0 Å². The number of carbonyl (C=O) groups excluding carboxylic acids is 2. The lowest BCUT2D eigenvalue weighted by Gasteiger charge is -2.31. The summed E-state index contributed by atoms with van der Waals surface area (Å²) >= 11 is 0. The van der Waals surface area contributed by atoms with Gasteiger partial charge in [0.05, 0.1) is 6.07 Å². The SMILES string of the molecule is N#CC1(NC=O)CC1.O=C(C1CCCCC1)N1CCc2oc3ccccc3c2C1. The lowest BCUT2D eigenvalue weighted by Crippen LogP contribution is -2.40. The maximum atomic E-state index is 12.7. The Hall–Kier alpha value is -2.81. The molecule has 1 aromatic heterocycles. The number of nitrogens with one attached hydrogen (secondary N) is 1. The van der Waals surface area contributed by atoms with Gasteiger partial charge in [-0.1, -0.05) is 37.5 Å². The minimum Gasteiger partial charge on any atom is -0.461 e. The first kappa shape index (κ1) is 19.5. The molecule has 1 aliphatic heterocycles. The Kier molecular flexibility index (Phi) is 5.57. The molecule has 0 spiro atoms. The lowest BCUT2D eigenvalue weighted by atomic mass is 9.87. The molecule has 6 nitrogen and oxygen atoms in total. The van der Waals surface area contributed by atoms with Gasteiger partial charge in [0.25, 0.3) is 0 Å². The van der Waals surface area contributed by atoms with Gasteiger partial charge in [-0.3, -0.25) is 9.59 Å². The van der Waals surface area contributed by atoms with E-state index in [0.29, 0.717) is 12.3 Å². The number of fused-ring (bicyclic) bond motifs is 3. The maximum absolute atomic E-state index is 12.7. The van der Waals surface area contributed by atoms with Crippen molar-refractivity contribution in [3.63, 3.8) is 0 Å². The van der Waals surface area contributed by atoms with Crippen LogP contribution in [-0.2, 0) is 22.6 Å². The van der Waals surface area contributed by atoms with Gasteiger partial charge < -0.3 is 14.6 Å². The second-order valence-corrected chi connectivity index (χ2v) is 8.30. The van der Waals surface area contributed by atoms with E-state index in [-0.39, 0.29) is 5.92 Å². The van der Waals surface area contributed by atoms with E-state index in [1.54, 1.807) is 0 Å². The third-order valence-corrected chi connectivity index (χ3v) is 6.31. The molecule has 1 aromatic carbocycles. The molecule has 2 aliphatic carbocycles. The van der Waals surface area contributed by atoms with Gasteiger partial charge in [0.1, 0.15) is 16.9 Å². The molecule has 0 unspecified atom stereocenters. The molecule has 2 aromatic rings. The summed E-state index contributed by atoms with van der Waals surface area (Å²) in [6.07, 6.45) is 8.92. The van der Waals surface area contributed by atoms with E-state index in [1.807, 2.05) is 24.3 Å². The molecule has 0 saturated heterocycles. The fourth-order valence-electron chi connectivity index (χ4n) is 4.35. The van der Waals surface area contributed by atoms with Gasteiger partial charge in [-0.25, -0.2) is 0 Å². The molecule has 0 atom stereocenters. The van der Waals surface area contributed by atoms with Crippen LogP contribution in [0.4, 0.5) is 0 Å². The zero-order valence-electron chi connectivity index (χ0n) is 16.7. The Morgan fingerprint density at radius 3 is 2.66 bits per heavy atom. The number of amides is 2. The highest BCUT2D eigenvalue weighted by Crippen LogP contribution is 2.34. The fourth-order valence-corrected chi connectivity index (χ4v) is 4.35. The molecule has 2 amide bonds. The Morgan fingerprint density at radius 1 is 1.24 bits per heavy atom. The van der Waals surface area contributed by atoms with Gasteiger partial charge >= 0.3 is 0 Å². The van der Waals surface area contributed by atoms with E-state index in [4.69, 9.17) is 9.68 Å². The van der Waals surface area contributed by atoms with Crippen molar-refractivity contribution in [2.75, 3.05) is 6.54 Å². The smallest absolute Gasteiger partial charge is 0.225 e. The molecule has 3 aliphatic rings. The number of nitriles is 1. The van der Waals surface area contributed by atoms with Crippen molar-refractivity contribution < 1.29 is 14.0 Å². The van der Waals surface area contributed by atoms with Gasteiger partial charge in [-0.15, -0.1) is 0 Å². The van der Waals surface area contributed by atoms with Crippen molar-refractivity contribution in [3.8, 4) is 6.07 Å². The molecule has 2 fully saturated rings. The Bertz CT molecular complexity index is 932. The molecule has 2 heterocycles. The number of carbonyl (C=O) groups is 2. The number of benzene rings is 1. The zero-order chi connectivity index (χ0) is 20.3. The van der Waals surface area contributed by atoms with Crippen LogP contribution < -0.4 is 5.32 Å². The zero-order valence-corrected chi connectivity index (χ0v) is 16.7. The van der Waals surface area contributed by atoms with E-state index < -0.39 is 5.54 Å². The van der Waals surface area contributed by atoms with Gasteiger partial charge in [0, 0.05) is 36.4 Å². The van der Waals surface area contributed by atoms with E-state index in [1.165, 1.54) is 30.2 Å². The molecule has 1 N–H and O–H groups in total. The molecule has 5 rings (SSSR count). The highest BCUT2D eigenvalue weighted by molar-refractivity contribution is 5.84. The predicted molar refractivity (Wildman–Crippen MR) is 109 cm³/mol. The van der Waals surface area contributed by atoms with Crippen LogP contribution in [0.5, 0.6) is 0 Å². The standard InChI is InChI=1S/C18H21NO2.C5H6N2O/c20-18(13-6-2-1-3-7-13)19-11-10-17-15(12-19)14-8-4-5-9-16(14)21-17;6-3-5(1-2-5)7-4-8/h4-5,8-9,13H,1-3,6-7,10-12H2;4H,1-2H2,(H,7,8). The van der Waals surface area contributed by atoms with Crippen LogP contribution in [0.3, 0.4) is 0 Å².